The summed E-state index contributed by atoms with van der Waals surface area (Å²) in [4.78, 5) is 29.1. The third-order valence-electron chi connectivity index (χ3n) is 5.53. The number of rotatable bonds is 4. The molecule has 4 rings (SSSR count). The van der Waals surface area contributed by atoms with E-state index in [9.17, 15) is 9.59 Å². The number of aryl methyl sites for hydroxylation is 1. The predicted octanol–water partition coefficient (Wildman–Crippen LogP) is 0.679. The number of fused-ring (bicyclic) bond motifs is 1. The van der Waals surface area contributed by atoms with E-state index in [0.29, 0.717) is 19.5 Å². The predicted molar refractivity (Wildman–Crippen MR) is 95.6 cm³/mol. The third-order valence-corrected chi connectivity index (χ3v) is 5.53. The Kier molecular flexibility index (Phi) is 4.24. The molecular formula is C19H23N5O2. The number of amides is 2. The lowest BCUT2D eigenvalue weighted by Crippen LogP contribution is -2.54. The average Bonchev–Trinajstić information content (AvgIpc) is 3.20. The fourth-order valence-electron chi connectivity index (χ4n) is 4.33. The number of hydrogen-bond donors (Lipinski definition) is 1. The van der Waals surface area contributed by atoms with Crippen LogP contribution in [0.5, 0.6) is 0 Å². The molecule has 3 heterocycles. The summed E-state index contributed by atoms with van der Waals surface area (Å²) in [7, 11) is 1.90. The van der Waals surface area contributed by atoms with E-state index in [1.807, 2.05) is 53.0 Å². The van der Waals surface area contributed by atoms with Crippen molar-refractivity contribution >= 4 is 11.8 Å². The molecule has 136 valence electrons. The standard InChI is InChI=1S/C19H23N5O2/c1-22-14(7-8-21-22)10-23-11-15-9-16(19(20)26)18(24(15)17(25)12-23)13-5-3-2-4-6-13/h2-8,15-16,18H,9-12H2,1H3,(H2,20,26)/t15-,16-,18-/m1/s1. The lowest BCUT2D eigenvalue weighted by atomic mass is 9.92. The molecule has 0 radical (unpaired) electrons. The zero-order valence-corrected chi connectivity index (χ0v) is 14.8. The summed E-state index contributed by atoms with van der Waals surface area (Å²) >= 11 is 0. The number of piperazine rings is 1. The first-order valence-corrected chi connectivity index (χ1v) is 8.89. The second-order valence-corrected chi connectivity index (χ2v) is 7.17. The Morgan fingerprint density at radius 2 is 2.04 bits per heavy atom. The van der Waals surface area contributed by atoms with Crippen molar-refractivity contribution in [2.45, 2.75) is 25.0 Å². The highest BCUT2D eigenvalue weighted by atomic mass is 16.2. The zero-order valence-electron chi connectivity index (χ0n) is 14.8. The fourth-order valence-corrected chi connectivity index (χ4v) is 4.33. The number of primary amides is 1. The second kappa shape index (κ2) is 6.57. The highest BCUT2D eigenvalue weighted by Gasteiger charge is 2.49. The SMILES string of the molecule is Cn1nccc1CN1CC(=O)N2[C@H](C[C@@H](C(N)=O)[C@H]2c2ccccc2)C1. The number of carbonyl (C=O) groups is 2. The Morgan fingerprint density at radius 3 is 2.69 bits per heavy atom. The van der Waals surface area contributed by atoms with Crippen molar-refractivity contribution < 1.29 is 9.59 Å². The molecule has 2 saturated heterocycles. The molecule has 0 saturated carbocycles. The minimum Gasteiger partial charge on any atom is -0.369 e. The van der Waals surface area contributed by atoms with Gasteiger partial charge in [-0.15, -0.1) is 0 Å². The molecule has 2 aliphatic heterocycles. The summed E-state index contributed by atoms with van der Waals surface area (Å²) < 4.78 is 1.82. The van der Waals surface area contributed by atoms with Gasteiger partial charge in [-0.1, -0.05) is 30.3 Å². The number of carbonyl (C=O) groups excluding carboxylic acids is 2. The molecule has 0 aliphatic carbocycles. The highest BCUT2D eigenvalue weighted by Crippen LogP contribution is 2.42. The second-order valence-electron chi connectivity index (χ2n) is 7.17. The first-order chi connectivity index (χ1) is 12.5. The molecule has 1 aromatic heterocycles. The molecule has 3 atom stereocenters. The van der Waals surface area contributed by atoms with Crippen LogP contribution in [0.1, 0.15) is 23.7 Å². The molecule has 26 heavy (non-hydrogen) atoms. The highest BCUT2D eigenvalue weighted by molar-refractivity contribution is 5.84. The van der Waals surface area contributed by atoms with E-state index in [1.54, 1.807) is 6.20 Å². The van der Waals surface area contributed by atoms with Crippen molar-refractivity contribution in [3.05, 3.63) is 53.9 Å². The Balaban J connectivity index is 1.59. The maximum absolute atomic E-state index is 13.0. The summed E-state index contributed by atoms with van der Waals surface area (Å²) in [5, 5.41) is 4.19. The number of nitrogens with zero attached hydrogens (tertiary/aromatic N) is 4. The largest absolute Gasteiger partial charge is 0.369 e. The molecule has 1 aromatic carbocycles. The van der Waals surface area contributed by atoms with Crippen LogP contribution in [0.25, 0.3) is 0 Å². The van der Waals surface area contributed by atoms with Gasteiger partial charge in [-0.25, -0.2) is 0 Å². The van der Waals surface area contributed by atoms with Gasteiger partial charge >= 0.3 is 0 Å². The van der Waals surface area contributed by atoms with Gasteiger partial charge in [-0.05, 0) is 18.1 Å². The molecule has 2 N–H and O–H groups in total. The maximum Gasteiger partial charge on any atom is 0.237 e. The van der Waals surface area contributed by atoms with Crippen molar-refractivity contribution in [3.63, 3.8) is 0 Å². The minimum atomic E-state index is -0.344. The smallest absolute Gasteiger partial charge is 0.237 e. The Labute approximate surface area is 152 Å². The number of nitrogens with two attached hydrogens (primary N) is 1. The number of benzene rings is 1. The molecular weight excluding hydrogens is 330 g/mol. The lowest BCUT2D eigenvalue weighted by molar-refractivity contribution is -0.141. The summed E-state index contributed by atoms with van der Waals surface area (Å²) in [5.74, 6) is -0.622. The first-order valence-electron chi connectivity index (χ1n) is 8.89. The van der Waals surface area contributed by atoms with Gasteiger partial charge in [0.1, 0.15) is 0 Å². The average molecular weight is 353 g/mol. The van der Waals surface area contributed by atoms with Gasteiger partial charge in [-0.3, -0.25) is 19.2 Å². The summed E-state index contributed by atoms with van der Waals surface area (Å²) in [6, 6.07) is 11.5. The molecule has 7 nitrogen and oxygen atoms in total. The van der Waals surface area contributed by atoms with Gasteiger partial charge in [0.2, 0.25) is 11.8 Å². The number of hydrogen-bond acceptors (Lipinski definition) is 4. The number of aromatic nitrogens is 2. The van der Waals surface area contributed by atoms with Crippen LogP contribution in [0.2, 0.25) is 0 Å². The molecule has 2 fully saturated rings. The normalized spacial score (nSPS) is 26.1. The van der Waals surface area contributed by atoms with E-state index in [2.05, 4.69) is 10.00 Å². The zero-order chi connectivity index (χ0) is 18.3. The van der Waals surface area contributed by atoms with Crippen LogP contribution in [-0.4, -0.2) is 50.5 Å². The summed E-state index contributed by atoms with van der Waals surface area (Å²) in [6.07, 6.45) is 2.38. The van der Waals surface area contributed by atoms with Crippen LogP contribution in [0.3, 0.4) is 0 Å². The van der Waals surface area contributed by atoms with E-state index in [1.165, 1.54) is 0 Å². The fraction of sp³-hybridized carbons (Fsp3) is 0.421. The quantitative estimate of drug-likeness (QED) is 0.876. The van der Waals surface area contributed by atoms with Gasteiger partial charge < -0.3 is 10.6 Å². The monoisotopic (exact) mass is 353 g/mol. The van der Waals surface area contributed by atoms with Crippen LogP contribution in [0.4, 0.5) is 0 Å². The molecule has 7 heteroatoms. The van der Waals surface area contributed by atoms with E-state index < -0.39 is 0 Å². The topological polar surface area (TPSA) is 84.5 Å². The van der Waals surface area contributed by atoms with Crippen LogP contribution in [-0.2, 0) is 23.2 Å². The molecule has 0 bridgehead atoms. The molecule has 2 aliphatic rings. The van der Waals surface area contributed by atoms with Crippen LogP contribution in [0, 0.1) is 5.92 Å². The van der Waals surface area contributed by atoms with Gasteiger partial charge in [0.15, 0.2) is 0 Å². The van der Waals surface area contributed by atoms with Crippen molar-refractivity contribution in [1.29, 1.82) is 0 Å². The first kappa shape index (κ1) is 16.8. The Bertz CT molecular complexity index is 818. The van der Waals surface area contributed by atoms with Crippen LogP contribution in [0.15, 0.2) is 42.6 Å². The Morgan fingerprint density at radius 1 is 1.27 bits per heavy atom. The van der Waals surface area contributed by atoms with Crippen molar-refractivity contribution in [3.8, 4) is 0 Å². The maximum atomic E-state index is 13.0. The minimum absolute atomic E-state index is 0.00665. The summed E-state index contributed by atoms with van der Waals surface area (Å²) in [5.41, 5.74) is 7.73. The van der Waals surface area contributed by atoms with Crippen molar-refractivity contribution in [1.82, 2.24) is 19.6 Å². The van der Waals surface area contributed by atoms with Gasteiger partial charge in [-0.2, -0.15) is 5.10 Å². The molecule has 0 unspecified atom stereocenters. The van der Waals surface area contributed by atoms with Crippen LogP contribution < -0.4 is 5.73 Å². The van der Waals surface area contributed by atoms with Gasteiger partial charge in [0, 0.05) is 32.4 Å². The van der Waals surface area contributed by atoms with Crippen molar-refractivity contribution in [2.75, 3.05) is 13.1 Å². The van der Waals surface area contributed by atoms with Crippen LogP contribution >= 0.6 is 0 Å². The van der Waals surface area contributed by atoms with E-state index in [-0.39, 0.29) is 29.8 Å². The summed E-state index contributed by atoms with van der Waals surface area (Å²) in [6.45, 7) is 1.75. The third kappa shape index (κ3) is 2.88. The van der Waals surface area contributed by atoms with Crippen molar-refractivity contribution in [2.24, 2.45) is 18.7 Å². The van der Waals surface area contributed by atoms with E-state index >= 15 is 0 Å². The van der Waals surface area contributed by atoms with E-state index in [0.717, 1.165) is 17.8 Å². The molecule has 2 amide bonds. The van der Waals surface area contributed by atoms with Gasteiger partial charge in [0.25, 0.3) is 0 Å². The lowest BCUT2D eigenvalue weighted by Gasteiger charge is -2.40. The Hall–Kier alpha value is -2.67. The molecule has 2 aromatic rings. The molecule has 0 spiro atoms. The van der Waals surface area contributed by atoms with Gasteiger partial charge in [0.05, 0.1) is 24.2 Å². The van der Waals surface area contributed by atoms with E-state index in [4.69, 9.17) is 5.73 Å².